The van der Waals surface area contributed by atoms with Gasteiger partial charge in [0.1, 0.15) is 0 Å². The fraction of sp³-hybridized carbons (Fsp3) is 0. The summed E-state index contributed by atoms with van der Waals surface area (Å²) < 4.78 is 4.77. The zero-order valence-corrected chi connectivity index (χ0v) is 7.58. The highest BCUT2D eigenvalue weighted by Gasteiger charge is 2.14. The van der Waals surface area contributed by atoms with Gasteiger partial charge in [0.15, 0.2) is 0 Å². The number of amides is 1. The average Bonchev–Trinajstić information content (AvgIpc) is 2.51. The first kappa shape index (κ1) is 10.1. The van der Waals surface area contributed by atoms with E-state index in [1.165, 1.54) is 18.5 Å². The van der Waals surface area contributed by atoms with Crippen LogP contribution in [0.3, 0.4) is 0 Å². The highest BCUT2D eigenvalue weighted by molar-refractivity contribution is 6.33. The lowest BCUT2D eigenvalue weighted by Crippen LogP contribution is -2.36. The van der Waals surface area contributed by atoms with Crippen LogP contribution in [-0.4, -0.2) is 11.9 Å². The summed E-state index contributed by atoms with van der Waals surface area (Å²) in [6.07, 6.45) is 2.68. The Morgan fingerprint density at radius 2 is 2.50 bits per heavy atom. The van der Waals surface area contributed by atoms with Gasteiger partial charge in [-0.05, 0) is 6.07 Å². The standard InChI is InChI=1S/C7H5ClN4O2/c8-4-1-2-14-5(4)6(13)12-7(10)11-3-9/h1-2H,(H3,10,11,12,13). The normalized spacial score (nSPS) is 10.7. The van der Waals surface area contributed by atoms with Gasteiger partial charge in [0.05, 0.1) is 11.3 Å². The maximum absolute atomic E-state index is 11.3. The first-order valence-corrected chi connectivity index (χ1v) is 3.79. The largest absolute Gasteiger partial charge is 0.458 e. The zero-order chi connectivity index (χ0) is 10.6. The lowest BCUT2D eigenvalue weighted by Gasteiger charge is -1.99. The van der Waals surface area contributed by atoms with Crippen molar-refractivity contribution in [3.05, 3.63) is 23.1 Å². The van der Waals surface area contributed by atoms with E-state index in [9.17, 15) is 4.79 Å². The average molecular weight is 213 g/mol. The summed E-state index contributed by atoms with van der Waals surface area (Å²) in [5.41, 5.74) is 5.15. The number of nitriles is 1. The van der Waals surface area contributed by atoms with Crippen molar-refractivity contribution in [1.29, 1.82) is 5.26 Å². The molecule has 0 spiro atoms. The van der Waals surface area contributed by atoms with Gasteiger partial charge in [0.2, 0.25) is 17.9 Å². The maximum atomic E-state index is 11.3. The van der Waals surface area contributed by atoms with Gasteiger partial charge in [-0.15, -0.1) is 4.99 Å². The van der Waals surface area contributed by atoms with E-state index >= 15 is 0 Å². The fourth-order valence-corrected chi connectivity index (χ4v) is 0.892. The van der Waals surface area contributed by atoms with Gasteiger partial charge in [0, 0.05) is 0 Å². The van der Waals surface area contributed by atoms with E-state index < -0.39 is 5.91 Å². The molecule has 0 aliphatic heterocycles. The summed E-state index contributed by atoms with van der Waals surface area (Å²) in [5.74, 6) is -1.05. The molecule has 0 saturated carbocycles. The number of hydrogen-bond acceptors (Lipinski definition) is 4. The number of hydrogen-bond donors (Lipinski definition) is 2. The Kier molecular flexibility index (Phi) is 3.09. The van der Waals surface area contributed by atoms with Crippen molar-refractivity contribution >= 4 is 23.5 Å². The molecule has 0 unspecified atom stereocenters. The van der Waals surface area contributed by atoms with Gasteiger partial charge in [0.25, 0.3) is 5.91 Å². The number of aliphatic imine (C=N–C) groups is 1. The Morgan fingerprint density at radius 3 is 3.00 bits per heavy atom. The smallest absolute Gasteiger partial charge is 0.295 e. The molecule has 72 valence electrons. The molecule has 7 heteroatoms. The predicted octanol–water partition coefficient (Wildman–Crippen LogP) is 0.459. The number of nitrogens with two attached hydrogens (primary N) is 1. The number of nitrogens with zero attached hydrogens (tertiary/aromatic N) is 2. The van der Waals surface area contributed by atoms with Crippen molar-refractivity contribution < 1.29 is 9.21 Å². The number of halogens is 1. The molecular formula is C7H5ClN4O2. The van der Waals surface area contributed by atoms with E-state index in [0.717, 1.165) is 0 Å². The van der Waals surface area contributed by atoms with Gasteiger partial charge in [-0.2, -0.15) is 5.26 Å². The van der Waals surface area contributed by atoms with E-state index in [4.69, 9.17) is 27.0 Å². The molecule has 0 saturated heterocycles. The molecular weight excluding hydrogens is 208 g/mol. The van der Waals surface area contributed by atoms with Crippen molar-refractivity contribution in [2.45, 2.75) is 0 Å². The Hall–Kier alpha value is -2.00. The number of rotatable bonds is 1. The number of carbonyl (C=O) groups excluding carboxylic acids is 1. The Labute approximate surface area is 84.0 Å². The number of guanidine groups is 1. The number of nitrogens with one attached hydrogen (secondary N) is 1. The molecule has 1 heterocycles. The Balaban J connectivity index is 2.75. The van der Waals surface area contributed by atoms with Gasteiger partial charge in [-0.25, -0.2) is 0 Å². The summed E-state index contributed by atoms with van der Waals surface area (Å²) in [6, 6.07) is 1.41. The molecule has 0 aromatic carbocycles. The van der Waals surface area contributed by atoms with Crippen LogP contribution in [0.5, 0.6) is 0 Å². The molecule has 0 fully saturated rings. The highest BCUT2D eigenvalue weighted by atomic mass is 35.5. The molecule has 1 aromatic rings. The lowest BCUT2D eigenvalue weighted by molar-refractivity contribution is 0.0950. The second kappa shape index (κ2) is 4.30. The van der Waals surface area contributed by atoms with Crippen LogP contribution in [0.25, 0.3) is 0 Å². The molecule has 0 atom stereocenters. The van der Waals surface area contributed by atoms with E-state index in [-0.39, 0.29) is 16.7 Å². The molecule has 6 nitrogen and oxygen atoms in total. The van der Waals surface area contributed by atoms with E-state index in [2.05, 4.69) is 10.3 Å². The fourth-order valence-electron chi connectivity index (χ4n) is 0.711. The summed E-state index contributed by atoms with van der Waals surface area (Å²) in [4.78, 5) is 14.3. The van der Waals surface area contributed by atoms with E-state index in [1.807, 2.05) is 0 Å². The van der Waals surface area contributed by atoms with E-state index in [1.54, 1.807) is 0 Å². The predicted molar refractivity (Wildman–Crippen MR) is 48.4 cm³/mol. The maximum Gasteiger partial charge on any atom is 0.295 e. The number of carbonyl (C=O) groups is 1. The second-order valence-corrected chi connectivity index (χ2v) is 2.56. The van der Waals surface area contributed by atoms with E-state index in [0.29, 0.717) is 0 Å². The van der Waals surface area contributed by atoms with Crippen LogP contribution in [-0.2, 0) is 0 Å². The summed E-state index contributed by atoms with van der Waals surface area (Å²) in [5, 5.41) is 10.4. The van der Waals surface area contributed by atoms with Crippen LogP contribution in [0.1, 0.15) is 10.6 Å². The molecule has 0 radical (unpaired) electrons. The van der Waals surface area contributed by atoms with Gasteiger partial charge in [-0.3, -0.25) is 10.1 Å². The minimum Gasteiger partial charge on any atom is -0.458 e. The summed E-state index contributed by atoms with van der Waals surface area (Å²) >= 11 is 5.59. The minimum atomic E-state index is -0.656. The third kappa shape index (κ3) is 2.24. The van der Waals surface area contributed by atoms with Crippen LogP contribution in [0, 0.1) is 11.5 Å². The monoisotopic (exact) mass is 212 g/mol. The first-order chi connectivity index (χ1) is 6.65. The SMILES string of the molecule is N#CN=C(N)NC(=O)c1occc1Cl. The van der Waals surface area contributed by atoms with Crippen molar-refractivity contribution in [3.8, 4) is 6.19 Å². The van der Waals surface area contributed by atoms with Crippen LogP contribution < -0.4 is 11.1 Å². The highest BCUT2D eigenvalue weighted by Crippen LogP contribution is 2.15. The van der Waals surface area contributed by atoms with Crippen LogP contribution in [0.2, 0.25) is 5.02 Å². The van der Waals surface area contributed by atoms with Crippen LogP contribution >= 0.6 is 11.6 Å². The van der Waals surface area contributed by atoms with Crippen molar-refractivity contribution in [2.75, 3.05) is 0 Å². The molecule has 14 heavy (non-hydrogen) atoms. The van der Waals surface area contributed by atoms with Crippen molar-refractivity contribution in [3.63, 3.8) is 0 Å². The molecule has 1 rings (SSSR count). The molecule has 1 amide bonds. The van der Waals surface area contributed by atoms with Crippen LogP contribution in [0.4, 0.5) is 0 Å². The minimum absolute atomic E-state index is 0.0808. The third-order valence-corrected chi connectivity index (χ3v) is 1.53. The quantitative estimate of drug-likeness (QED) is 0.401. The second-order valence-electron chi connectivity index (χ2n) is 2.15. The summed E-state index contributed by atoms with van der Waals surface area (Å²) in [7, 11) is 0. The molecule has 0 aliphatic rings. The van der Waals surface area contributed by atoms with Crippen molar-refractivity contribution in [2.24, 2.45) is 10.7 Å². The van der Waals surface area contributed by atoms with Crippen LogP contribution in [0.15, 0.2) is 21.7 Å². The molecule has 0 bridgehead atoms. The van der Waals surface area contributed by atoms with Gasteiger partial charge < -0.3 is 10.2 Å². The van der Waals surface area contributed by atoms with Gasteiger partial charge >= 0.3 is 0 Å². The van der Waals surface area contributed by atoms with Crippen molar-refractivity contribution in [1.82, 2.24) is 5.32 Å². The Morgan fingerprint density at radius 1 is 1.79 bits per heavy atom. The molecule has 0 aliphatic carbocycles. The Bertz CT molecular complexity index is 418. The summed E-state index contributed by atoms with van der Waals surface area (Å²) in [6.45, 7) is 0. The number of furan rings is 1. The first-order valence-electron chi connectivity index (χ1n) is 3.41. The molecule has 1 aromatic heterocycles. The topological polar surface area (TPSA) is 104 Å². The lowest BCUT2D eigenvalue weighted by atomic mass is 10.4. The molecule has 3 N–H and O–H groups in total. The third-order valence-electron chi connectivity index (χ3n) is 1.24. The zero-order valence-electron chi connectivity index (χ0n) is 6.82. The van der Waals surface area contributed by atoms with Gasteiger partial charge in [-0.1, -0.05) is 11.6 Å².